The Labute approximate surface area is 101 Å². The van der Waals surface area contributed by atoms with Crippen LogP contribution in [0.4, 0.5) is 0 Å². The molecule has 0 radical (unpaired) electrons. The predicted molar refractivity (Wildman–Crippen MR) is 64.8 cm³/mol. The van der Waals surface area contributed by atoms with Gasteiger partial charge in [-0.15, -0.1) is 0 Å². The summed E-state index contributed by atoms with van der Waals surface area (Å²) in [5, 5.41) is 1.11. The molecule has 13 heavy (non-hydrogen) atoms. The van der Waals surface area contributed by atoms with Gasteiger partial charge in [0.2, 0.25) is 0 Å². The summed E-state index contributed by atoms with van der Waals surface area (Å²) < 4.78 is 3.07. The maximum atomic E-state index is 4.30. The van der Waals surface area contributed by atoms with Crippen molar-refractivity contribution in [2.24, 2.45) is 0 Å². The van der Waals surface area contributed by atoms with Crippen molar-refractivity contribution in [2.75, 3.05) is 0 Å². The molecule has 1 nitrogen and oxygen atoms in total. The molecule has 0 aliphatic heterocycles. The molecule has 0 aliphatic carbocycles. The quantitative estimate of drug-likeness (QED) is 0.668. The highest BCUT2D eigenvalue weighted by molar-refractivity contribution is 9.11. The monoisotopic (exact) mass is 363 g/mol. The van der Waals surface area contributed by atoms with Crippen LogP contribution in [0.15, 0.2) is 37.8 Å². The normalized spacial score (nSPS) is 10.7. The molecule has 2 rings (SSSR count). The molecule has 0 fully saturated rings. The lowest BCUT2D eigenvalue weighted by Gasteiger charge is -2.01. The van der Waals surface area contributed by atoms with E-state index in [1.165, 1.54) is 0 Å². The SMILES string of the molecule is Brc1cc(Br)c2cc(Br)cnc2c1. The molecule has 0 saturated carbocycles. The molecule has 0 N–H and O–H groups in total. The molecule has 66 valence electrons. The molecule has 4 heteroatoms. The average molecular weight is 366 g/mol. The van der Waals surface area contributed by atoms with E-state index in [-0.39, 0.29) is 0 Å². The fraction of sp³-hybridized carbons (Fsp3) is 0. The van der Waals surface area contributed by atoms with Crippen molar-refractivity contribution in [3.8, 4) is 0 Å². The highest BCUT2D eigenvalue weighted by Gasteiger charge is 2.01. The van der Waals surface area contributed by atoms with Gasteiger partial charge in [-0.05, 0) is 34.1 Å². The van der Waals surface area contributed by atoms with Crippen LogP contribution in [0, 0.1) is 0 Å². The van der Waals surface area contributed by atoms with Crippen molar-refractivity contribution in [3.05, 3.63) is 37.8 Å². The minimum Gasteiger partial charge on any atom is -0.255 e. The molecular weight excluding hydrogens is 362 g/mol. The van der Waals surface area contributed by atoms with Gasteiger partial charge >= 0.3 is 0 Å². The molecule has 0 aliphatic rings. The van der Waals surface area contributed by atoms with E-state index < -0.39 is 0 Å². The Bertz CT molecular complexity index is 468. The Kier molecular flexibility index (Phi) is 2.72. The molecule has 1 heterocycles. The van der Waals surface area contributed by atoms with Crippen LogP contribution >= 0.6 is 47.8 Å². The summed E-state index contributed by atoms with van der Waals surface area (Å²) in [6.45, 7) is 0. The van der Waals surface area contributed by atoms with Crippen LogP contribution in [-0.2, 0) is 0 Å². The molecule has 0 saturated heterocycles. The van der Waals surface area contributed by atoms with E-state index in [1.807, 2.05) is 18.2 Å². The maximum absolute atomic E-state index is 4.30. The number of aromatic nitrogens is 1. The molecule has 1 aromatic carbocycles. The fourth-order valence-corrected chi connectivity index (χ4v) is 2.78. The van der Waals surface area contributed by atoms with Crippen LogP contribution in [-0.4, -0.2) is 4.98 Å². The Morgan fingerprint density at radius 3 is 2.46 bits per heavy atom. The van der Waals surface area contributed by atoms with Crippen molar-refractivity contribution in [1.29, 1.82) is 0 Å². The van der Waals surface area contributed by atoms with Gasteiger partial charge in [0, 0.05) is 25.0 Å². The number of nitrogens with zero attached hydrogens (tertiary/aromatic N) is 1. The van der Waals surface area contributed by atoms with Crippen LogP contribution in [0.25, 0.3) is 10.9 Å². The Hall–Kier alpha value is 0.0700. The van der Waals surface area contributed by atoms with Crippen LogP contribution in [0.2, 0.25) is 0 Å². The third-order valence-corrected chi connectivity index (χ3v) is 3.23. The summed E-state index contributed by atoms with van der Waals surface area (Å²) in [5.41, 5.74) is 0.976. The van der Waals surface area contributed by atoms with Crippen molar-refractivity contribution >= 4 is 58.7 Å². The molecular formula is C9H4Br3N. The molecule has 0 amide bonds. The van der Waals surface area contributed by atoms with E-state index in [4.69, 9.17) is 0 Å². The van der Waals surface area contributed by atoms with E-state index in [0.29, 0.717) is 0 Å². The summed E-state index contributed by atoms with van der Waals surface area (Å²) in [7, 11) is 0. The molecule has 0 bridgehead atoms. The number of hydrogen-bond donors (Lipinski definition) is 0. The minimum atomic E-state index is 0.976. The van der Waals surface area contributed by atoms with Crippen molar-refractivity contribution < 1.29 is 0 Å². The zero-order valence-corrected chi connectivity index (χ0v) is 11.1. The summed E-state index contributed by atoms with van der Waals surface area (Å²) in [6, 6.07) is 6.04. The van der Waals surface area contributed by atoms with Crippen molar-refractivity contribution in [1.82, 2.24) is 4.98 Å². The Morgan fingerprint density at radius 1 is 0.923 bits per heavy atom. The number of hydrogen-bond acceptors (Lipinski definition) is 1. The van der Waals surface area contributed by atoms with E-state index in [1.54, 1.807) is 6.20 Å². The number of benzene rings is 1. The summed E-state index contributed by atoms with van der Waals surface area (Å²) >= 11 is 10.3. The molecule has 1 aromatic heterocycles. The first-order valence-corrected chi connectivity index (χ1v) is 5.95. The largest absolute Gasteiger partial charge is 0.255 e. The van der Waals surface area contributed by atoms with Crippen LogP contribution in [0.1, 0.15) is 0 Å². The standard InChI is InChI=1S/C9H4Br3N/c10-5-2-8(12)7-1-6(11)4-13-9(7)3-5/h1-4H. The fourth-order valence-electron chi connectivity index (χ4n) is 1.13. The zero-order chi connectivity index (χ0) is 9.42. The third kappa shape index (κ3) is 1.95. The van der Waals surface area contributed by atoms with Crippen molar-refractivity contribution in [2.45, 2.75) is 0 Å². The lowest BCUT2D eigenvalue weighted by molar-refractivity contribution is 1.38. The van der Waals surface area contributed by atoms with Gasteiger partial charge < -0.3 is 0 Å². The highest BCUT2D eigenvalue weighted by Crippen LogP contribution is 2.28. The van der Waals surface area contributed by atoms with Crippen LogP contribution in [0.3, 0.4) is 0 Å². The number of pyridine rings is 1. The number of fused-ring (bicyclic) bond motifs is 1. The minimum absolute atomic E-state index is 0.976. The second kappa shape index (κ2) is 3.67. The lowest BCUT2D eigenvalue weighted by atomic mass is 10.2. The van der Waals surface area contributed by atoms with Gasteiger partial charge in [-0.2, -0.15) is 0 Å². The predicted octanol–water partition coefficient (Wildman–Crippen LogP) is 4.52. The summed E-state index contributed by atoms with van der Waals surface area (Å²) in [4.78, 5) is 4.30. The van der Waals surface area contributed by atoms with Crippen molar-refractivity contribution in [3.63, 3.8) is 0 Å². The zero-order valence-electron chi connectivity index (χ0n) is 6.39. The van der Waals surface area contributed by atoms with Gasteiger partial charge in [-0.25, -0.2) is 0 Å². The maximum Gasteiger partial charge on any atom is 0.0725 e. The van der Waals surface area contributed by atoms with E-state index in [2.05, 4.69) is 52.8 Å². The Morgan fingerprint density at radius 2 is 1.69 bits per heavy atom. The smallest absolute Gasteiger partial charge is 0.0725 e. The topological polar surface area (TPSA) is 12.9 Å². The first-order chi connectivity index (χ1) is 6.16. The summed E-state index contributed by atoms with van der Waals surface area (Å²) in [5.74, 6) is 0. The van der Waals surface area contributed by atoms with Gasteiger partial charge in [-0.1, -0.05) is 31.9 Å². The third-order valence-electron chi connectivity index (χ3n) is 1.68. The molecule has 0 spiro atoms. The van der Waals surface area contributed by atoms with E-state index >= 15 is 0 Å². The summed E-state index contributed by atoms with van der Waals surface area (Å²) in [6.07, 6.45) is 1.79. The first kappa shape index (κ1) is 9.62. The molecule has 2 aromatic rings. The van der Waals surface area contributed by atoms with Gasteiger partial charge in [0.05, 0.1) is 5.52 Å². The van der Waals surface area contributed by atoms with Gasteiger partial charge in [0.1, 0.15) is 0 Å². The first-order valence-electron chi connectivity index (χ1n) is 3.57. The molecule has 0 atom stereocenters. The van der Waals surface area contributed by atoms with Gasteiger partial charge in [-0.3, -0.25) is 4.98 Å². The number of rotatable bonds is 0. The van der Waals surface area contributed by atoms with Gasteiger partial charge in [0.25, 0.3) is 0 Å². The van der Waals surface area contributed by atoms with Gasteiger partial charge in [0.15, 0.2) is 0 Å². The Balaban J connectivity index is 2.87. The van der Waals surface area contributed by atoms with Crippen LogP contribution < -0.4 is 0 Å². The second-order valence-electron chi connectivity index (χ2n) is 2.61. The van der Waals surface area contributed by atoms with Crippen LogP contribution in [0.5, 0.6) is 0 Å². The lowest BCUT2D eigenvalue weighted by Crippen LogP contribution is -1.80. The average Bonchev–Trinajstić information content (AvgIpc) is 2.06. The molecule has 0 unspecified atom stereocenters. The second-order valence-corrected chi connectivity index (χ2v) is 5.29. The van der Waals surface area contributed by atoms with E-state index in [0.717, 1.165) is 24.3 Å². The number of halogens is 3. The highest BCUT2D eigenvalue weighted by atomic mass is 79.9. The van der Waals surface area contributed by atoms with E-state index in [9.17, 15) is 0 Å².